The summed E-state index contributed by atoms with van der Waals surface area (Å²) in [5.74, 6) is 0. The Morgan fingerprint density at radius 1 is 1.40 bits per heavy atom. The Labute approximate surface area is 73.8 Å². The third-order valence-electron chi connectivity index (χ3n) is 1.80. The third-order valence-corrected chi connectivity index (χ3v) is 8.85. The maximum absolute atomic E-state index is 6.15. The van der Waals surface area contributed by atoms with Crippen molar-refractivity contribution < 1.29 is 0 Å². The Bertz CT molecular complexity index is 106. The molecular formula is C6H15Cl2NSi. The highest BCUT2D eigenvalue weighted by atomic mass is 35.7. The van der Waals surface area contributed by atoms with Crippen LogP contribution in [0.4, 0.5) is 0 Å². The molecule has 0 heterocycles. The van der Waals surface area contributed by atoms with Crippen molar-refractivity contribution >= 4 is 29.0 Å². The molecule has 10 heavy (non-hydrogen) atoms. The SMILES string of the molecule is CCC(C)[Si](Cl)(Cl)N(C)C. The second kappa shape index (κ2) is 3.95. The summed E-state index contributed by atoms with van der Waals surface area (Å²) in [5, 5.41) is 0. The van der Waals surface area contributed by atoms with Crippen molar-refractivity contribution in [2.24, 2.45) is 0 Å². The summed E-state index contributed by atoms with van der Waals surface area (Å²) in [6.45, 7) is 2.11. The first-order valence-corrected chi connectivity index (χ1v) is 7.53. The van der Waals surface area contributed by atoms with Crippen LogP contribution in [0.25, 0.3) is 0 Å². The van der Waals surface area contributed by atoms with Gasteiger partial charge >= 0.3 is 6.86 Å². The minimum atomic E-state index is -2.11. The predicted molar refractivity (Wildman–Crippen MR) is 50.9 cm³/mol. The average molecular weight is 200 g/mol. The van der Waals surface area contributed by atoms with Gasteiger partial charge in [0.25, 0.3) is 0 Å². The summed E-state index contributed by atoms with van der Waals surface area (Å²) in [7, 11) is 3.89. The van der Waals surface area contributed by atoms with Crippen LogP contribution in [-0.2, 0) is 0 Å². The van der Waals surface area contributed by atoms with Crippen LogP contribution in [0.2, 0.25) is 5.54 Å². The normalized spacial score (nSPS) is 15.9. The van der Waals surface area contributed by atoms with E-state index in [1.165, 1.54) is 0 Å². The fourth-order valence-corrected chi connectivity index (χ4v) is 2.98. The van der Waals surface area contributed by atoms with E-state index in [0.717, 1.165) is 6.42 Å². The molecule has 1 atom stereocenters. The van der Waals surface area contributed by atoms with Crippen LogP contribution < -0.4 is 0 Å². The molecule has 0 N–H and O–H groups in total. The lowest BCUT2D eigenvalue weighted by molar-refractivity contribution is 0.619. The highest BCUT2D eigenvalue weighted by molar-refractivity contribution is 7.44. The van der Waals surface area contributed by atoms with Crippen LogP contribution in [-0.4, -0.2) is 25.5 Å². The van der Waals surface area contributed by atoms with Gasteiger partial charge in [0, 0.05) is 0 Å². The zero-order valence-corrected chi connectivity index (χ0v) is 9.50. The van der Waals surface area contributed by atoms with Crippen molar-refractivity contribution in [2.75, 3.05) is 14.1 Å². The summed E-state index contributed by atoms with van der Waals surface area (Å²) in [4.78, 5) is 0. The summed E-state index contributed by atoms with van der Waals surface area (Å²) >= 11 is 12.3. The molecule has 1 nitrogen and oxygen atoms in total. The van der Waals surface area contributed by atoms with Gasteiger partial charge in [-0.2, -0.15) is 0 Å². The van der Waals surface area contributed by atoms with Gasteiger partial charge in [0.2, 0.25) is 0 Å². The quantitative estimate of drug-likeness (QED) is 0.500. The Balaban J connectivity index is 4.09. The summed E-state index contributed by atoms with van der Waals surface area (Å²) in [6, 6.07) is 0. The monoisotopic (exact) mass is 199 g/mol. The van der Waals surface area contributed by atoms with E-state index < -0.39 is 6.86 Å². The van der Waals surface area contributed by atoms with Crippen LogP contribution in [0.15, 0.2) is 0 Å². The summed E-state index contributed by atoms with van der Waals surface area (Å²) < 4.78 is 1.96. The van der Waals surface area contributed by atoms with Crippen LogP contribution in [0.1, 0.15) is 20.3 Å². The van der Waals surface area contributed by atoms with Gasteiger partial charge in [-0.05, 0) is 19.6 Å². The molecule has 0 aliphatic rings. The van der Waals surface area contributed by atoms with Crippen molar-refractivity contribution in [3.8, 4) is 0 Å². The molecular weight excluding hydrogens is 185 g/mol. The van der Waals surface area contributed by atoms with Gasteiger partial charge < -0.3 is 4.57 Å². The van der Waals surface area contributed by atoms with Crippen molar-refractivity contribution in [1.82, 2.24) is 4.57 Å². The zero-order chi connectivity index (χ0) is 8.36. The lowest BCUT2D eigenvalue weighted by Gasteiger charge is -2.29. The molecule has 0 aromatic rings. The minimum Gasteiger partial charge on any atom is -0.305 e. The van der Waals surface area contributed by atoms with E-state index in [0.29, 0.717) is 5.54 Å². The highest BCUT2D eigenvalue weighted by Gasteiger charge is 2.37. The lowest BCUT2D eigenvalue weighted by Crippen LogP contribution is -2.42. The first-order valence-electron chi connectivity index (χ1n) is 3.48. The Hall–Kier alpha value is 0.757. The van der Waals surface area contributed by atoms with Gasteiger partial charge in [0.1, 0.15) is 0 Å². The van der Waals surface area contributed by atoms with Crippen molar-refractivity contribution in [2.45, 2.75) is 25.8 Å². The number of hydrogen-bond acceptors (Lipinski definition) is 1. The van der Waals surface area contributed by atoms with E-state index in [2.05, 4.69) is 13.8 Å². The summed E-state index contributed by atoms with van der Waals surface area (Å²) in [5.41, 5.74) is 0.436. The molecule has 0 aliphatic carbocycles. The highest BCUT2D eigenvalue weighted by Crippen LogP contribution is 2.33. The molecule has 0 aromatic heterocycles. The third kappa shape index (κ3) is 2.42. The topological polar surface area (TPSA) is 3.24 Å². The molecule has 0 spiro atoms. The van der Waals surface area contributed by atoms with E-state index in [-0.39, 0.29) is 0 Å². The molecule has 0 amide bonds. The average Bonchev–Trinajstić information content (AvgIpc) is 1.86. The van der Waals surface area contributed by atoms with E-state index >= 15 is 0 Å². The zero-order valence-electron chi connectivity index (χ0n) is 6.99. The van der Waals surface area contributed by atoms with Gasteiger partial charge in [-0.15, -0.1) is 22.2 Å². The lowest BCUT2D eigenvalue weighted by atomic mass is 10.4. The Kier molecular flexibility index (Phi) is 4.25. The molecule has 0 fully saturated rings. The molecule has 0 radical (unpaired) electrons. The van der Waals surface area contributed by atoms with Gasteiger partial charge in [0.15, 0.2) is 0 Å². The number of nitrogens with zero attached hydrogens (tertiary/aromatic N) is 1. The number of rotatable bonds is 3. The van der Waals surface area contributed by atoms with Crippen LogP contribution >= 0.6 is 22.2 Å². The second-order valence-corrected chi connectivity index (χ2v) is 9.88. The maximum Gasteiger partial charge on any atom is 0.327 e. The molecule has 0 saturated carbocycles. The molecule has 4 heteroatoms. The molecule has 1 unspecified atom stereocenters. The smallest absolute Gasteiger partial charge is 0.305 e. The fourth-order valence-electron chi connectivity index (χ4n) is 0.686. The van der Waals surface area contributed by atoms with E-state index in [9.17, 15) is 0 Å². The van der Waals surface area contributed by atoms with Crippen molar-refractivity contribution in [3.63, 3.8) is 0 Å². The molecule has 0 aliphatic heterocycles. The molecule has 0 saturated heterocycles. The molecule has 0 aromatic carbocycles. The van der Waals surface area contributed by atoms with Gasteiger partial charge in [-0.1, -0.05) is 20.3 Å². The maximum atomic E-state index is 6.15. The standard InChI is InChI=1S/C6H15Cl2NSi/c1-5-6(2)10(7,8)9(3)4/h6H,5H2,1-4H3. The second-order valence-electron chi connectivity index (χ2n) is 2.79. The first kappa shape index (κ1) is 10.8. The molecule has 0 rings (SSSR count). The minimum absolute atomic E-state index is 0.436. The largest absolute Gasteiger partial charge is 0.327 e. The van der Waals surface area contributed by atoms with Crippen LogP contribution in [0.5, 0.6) is 0 Å². The van der Waals surface area contributed by atoms with Crippen LogP contribution in [0.3, 0.4) is 0 Å². The number of hydrogen-bond donors (Lipinski definition) is 0. The molecule has 62 valence electrons. The fraction of sp³-hybridized carbons (Fsp3) is 1.00. The van der Waals surface area contributed by atoms with Gasteiger partial charge in [-0.25, -0.2) is 0 Å². The predicted octanol–water partition coefficient (Wildman–Crippen LogP) is 2.76. The van der Waals surface area contributed by atoms with Gasteiger partial charge in [0.05, 0.1) is 0 Å². The Morgan fingerprint density at radius 3 is 1.90 bits per heavy atom. The van der Waals surface area contributed by atoms with Gasteiger partial charge in [-0.3, -0.25) is 0 Å². The van der Waals surface area contributed by atoms with Crippen molar-refractivity contribution in [3.05, 3.63) is 0 Å². The molecule has 0 bridgehead atoms. The first-order chi connectivity index (χ1) is 4.42. The number of halogens is 2. The Morgan fingerprint density at radius 2 is 1.80 bits per heavy atom. The van der Waals surface area contributed by atoms with Crippen molar-refractivity contribution in [1.29, 1.82) is 0 Å². The van der Waals surface area contributed by atoms with E-state index in [4.69, 9.17) is 22.2 Å². The van der Waals surface area contributed by atoms with E-state index in [1.54, 1.807) is 0 Å². The summed E-state index contributed by atoms with van der Waals surface area (Å²) in [6.07, 6.45) is 1.05. The van der Waals surface area contributed by atoms with E-state index in [1.807, 2.05) is 18.7 Å². The van der Waals surface area contributed by atoms with Crippen LogP contribution in [0, 0.1) is 0 Å².